The fourth-order valence-corrected chi connectivity index (χ4v) is 3.79. The van der Waals surface area contributed by atoms with Gasteiger partial charge >= 0.3 is 0 Å². The first-order valence-corrected chi connectivity index (χ1v) is 9.98. The van der Waals surface area contributed by atoms with Crippen molar-refractivity contribution in [1.82, 2.24) is 19.7 Å². The van der Waals surface area contributed by atoms with Crippen LogP contribution in [0, 0.1) is 0 Å². The summed E-state index contributed by atoms with van der Waals surface area (Å²) in [6.07, 6.45) is 3.46. The Morgan fingerprint density at radius 1 is 1.04 bits per heavy atom. The molecule has 0 radical (unpaired) electrons. The molecule has 2 aromatic carbocycles. The minimum absolute atomic E-state index is 0.0728. The Balaban J connectivity index is 1.44. The van der Waals surface area contributed by atoms with Crippen LogP contribution in [-0.4, -0.2) is 31.4 Å². The quantitative estimate of drug-likeness (QED) is 0.499. The average molecular weight is 389 g/mol. The van der Waals surface area contributed by atoms with E-state index in [1.165, 1.54) is 11.8 Å². The summed E-state index contributed by atoms with van der Waals surface area (Å²) in [5.74, 6) is 0.972. The van der Waals surface area contributed by atoms with Gasteiger partial charge in [0.25, 0.3) is 0 Å². The molecule has 7 heteroatoms. The summed E-state index contributed by atoms with van der Waals surface area (Å²) in [5.41, 5.74) is 1.75. The van der Waals surface area contributed by atoms with Gasteiger partial charge in [-0.15, -0.1) is 10.2 Å². The van der Waals surface area contributed by atoms with Gasteiger partial charge in [-0.2, -0.15) is 0 Å². The van der Waals surface area contributed by atoms with Crippen molar-refractivity contribution >= 4 is 34.1 Å². The predicted molar refractivity (Wildman–Crippen MR) is 112 cm³/mol. The van der Waals surface area contributed by atoms with Gasteiger partial charge in [-0.25, -0.2) is 0 Å². The van der Waals surface area contributed by atoms with E-state index in [1.54, 1.807) is 12.4 Å². The summed E-state index contributed by atoms with van der Waals surface area (Å²) in [6.45, 7) is 2.76. The third kappa shape index (κ3) is 3.89. The third-order valence-electron chi connectivity index (χ3n) is 4.34. The highest BCUT2D eigenvalue weighted by atomic mass is 32.2. The van der Waals surface area contributed by atoms with E-state index in [4.69, 9.17) is 0 Å². The third-order valence-corrected chi connectivity index (χ3v) is 5.30. The molecule has 28 heavy (non-hydrogen) atoms. The molecule has 0 aliphatic rings. The molecule has 0 aliphatic carbocycles. The van der Waals surface area contributed by atoms with E-state index in [1.807, 2.05) is 60.0 Å². The molecule has 0 bridgehead atoms. The number of nitrogens with one attached hydrogen (secondary N) is 1. The van der Waals surface area contributed by atoms with Gasteiger partial charge in [-0.1, -0.05) is 42.1 Å². The van der Waals surface area contributed by atoms with Crippen LogP contribution < -0.4 is 5.32 Å². The number of hydrogen-bond acceptors (Lipinski definition) is 5. The zero-order valence-corrected chi connectivity index (χ0v) is 16.2. The highest BCUT2D eigenvalue weighted by Gasteiger charge is 2.14. The molecule has 0 spiro atoms. The number of amides is 1. The Bertz CT molecular complexity index is 1110. The van der Waals surface area contributed by atoms with Crippen molar-refractivity contribution in [2.45, 2.75) is 18.6 Å². The number of carbonyl (C=O) groups is 1. The molecule has 0 atom stereocenters. The van der Waals surface area contributed by atoms with E-state index < -0.39 is 0 Å². The maximum atomic E-state index is 12.4. The van der Waals surface area contributed by atoms with Crippen molar-refractivity contribution in [3.63, 3.8) is 0 Å². The zero-order chi connectivity index (χ0) is 19.3. The zero-order valence-electron chi connectivity index (χ0n) is 15.4. The minimum atomic E-state index is -0.0728. The second-order valence-corrected chi connectivity index (χ2v) is 7.13. The van der Waals surface area contributed by atoms with Crippen LogP contribution in [0.25, 0.3) is 22.2 Å². The molecule has 0 aliphatic heterocycles. The first-order chi connectivity index (χ1) is 13.7. The molecule has 2 heterocycles. The SMILES string of the molecule is CCn1c(SCC(=O)Nc2ccc3ccccc3c2)nnc1-c1ccncc1. The fraction of sp³-hybridized carbons (Fsp3) is 0.143. The summed E-state index contributed by atoms with van der Waals surface area (Å²) in [4.78, 5) is 16.4. The largest absolute Gasteiger partial charge is 0.325 e. The van der Waals surface area contributed by atoms with Gasteiger partial charge in [0.05, 0.1) is 5.75 Å². The van der Waals surface area contributed by atoms with Gasteiger partial charge in [0.2, 0.25) is 5.91 Å². The van der Waals surface area contributed by atoms with Crippen LogP contribution in [0.3, 0.4) is 0 Å². The lowest BCUT2D eigenvalue weighted by molar-refractivity contribution is -0.113. The number of benzene rings is 2. The lowest BCUT2D eigenvalue weighted by atomic mass is 10.1. The predicted octanol–water partition coefficient (Wildman–Crippen LogP) is 4.24. The van der Waals surface area contributed by atoms with Crippen LogP contribution in [0.2, 0.25) is 0 Å². The van der Waals surface area contributed by atoms with Crippen LogP contribution in [-0.2, 0) is 11.3 Å². The van der Waals surface area contributed by atoms with Crippen LogP contribution in [0.5, 0.6) is 0 Å². The van der Waals surface area contributed by atoms with Crippen molar-refractivity contribution in [3.05, 3.63) is 67.0 Å². The van der Waals surface area contributed by atoms with Gasteiger partial charge in [0.15, 0.2) is 11.0 Å². The lowest BCUT2D eigenvalue weighted by Gasteiger charge is -2.08. The molecule has 0 unspecified atom stereocenters. The molecule has 1 amide bonds. The second-order valence-electron chi connectivity index (χ2n) is 6.19. The molecule has 0 fully saturated rings. The Hall–Kier alpha value is -3.19. The van der Waals surface area contributed by atoms with Crippen molar-refractivity contribution < 1.29 is 4.79 Å². The lowest BCUT2D eigenvalue weighted by Crippen LogP contribution is -2.14. The van der Waals surface area contributed by atoms with Crippen LogP contribution >= 0.6 is 11.8 Å². The van der Waals surface area contributed by atoms with E-state index in [9.17, 15) is 4.79 Å². The van der Waals surface area contributed by atoms with Gasteiger partial charge in [-0.05, 0) is 42.0 Å². The number of hydrogen-bond donors (Lipinski definition) is 1. The number of pyridine rings is 1. The number of aromatic nitrogens is 4. The number of nitrogens with zero attached hydrogens (tertiary/aromatic N) is 4. The molecule has 2 aromatic heterocycles. The molecule has 140 valence electrons. The van der Waals surface area contributed by atoms with Crippen LogP contribution in [0.15, 0.2) is 72.1 Å². The monoisotopic (exact) mass is 389 g/mol. The van der Waals surface area contributed by atoms with Crippen molar-refractivity contribution in [3.8, 4) is 11.4 Å². The highest BCUT2D eigenvalue weighted by molar-refractivity contribution is 7.99. The van der Waals surface area contributed by atoms with E-state index in [-0.39, 0.29) is 11.7 Å². The molecule has 0 saturated heterocycles. The van der Waals surface area contributed by atoms with Crippen molar-refractivity contribution in [2.75, 3.05) is 11.1 Å². The van der Waals surface area contributed by atoms with Gasteiger partial charge in [0.1, 0.15) is 0 Å². The Morgan fingerprint density at radius 2 is 1.82 bits per heavy atom. The standard InChI is InChI=1S/C21H19N5OS/c1-2-26-20(16-9-11-22-12-10-16)24-25-21(26)28-14-19(27)23-18-8-7-15-5-3-4-6-17(15)13-18/h3-13H,2,14H2,1H3,(H,23,27). The van der Waals surface area contributed by atoms with Crippen LogP contribution in [0.4, 0.5) is 5.69 Å². The number of carbonyl (C=O) groups excluding carboxylic acids is 1. The Kier molecular flexibility index (Phi) is 5.34. The molecule has 0 saturated carbocycles. The molecule has 4 aromatic rings. The van der Waals surface area contributed by atoms with E-state index in [0.29, 0.717) is 0 Å². The van der Waals surface area contributed by atoms with E-state index in [0.717, 1.165) is 39.5 Å². The second kappa shape index (κ2) is 8.22. The topological polar surface area (TPSA) is 72.7 Å². The average Bonchev–Trinajstić information content (AvgIpc) is 3.16. The molecule has 1 N–H and O–H groups in total. The smallest absolute Gasteiger partial charge is 0.234 e. The fourth-order valence-electron chi connectivity index (χ4n) is 2.99. The number of rotatable bonds is 6. The molecular weight excluding hydrogens is 370 g/mol. The van der Waals surface area contributed by atoms with E-state index >= 15 is 0 Å². The number of anilines is 1. The summed E-state index contributed by atoms with van der Waals surface area (Å²) in [6, 6.07) is 17.8. The van der Waals surface area contributed by atoms with Gasteiger partial charge in [0, 0.05) is 30.2 Å². The number of thioether (sulfide) groups is 1. The van der Waals surface area contributed by atoms with Gasteiger partial charge < -0.3 is 9.88 Å². The number of fused-ring (bicyclic) bond motifs is 1. The van der Waals surface area contributed by atoms with E-state index in [2.05, 4.69) is 26.6 Å². The normalized spacial score (nSPS) is 10.9. The molecule has 4 rings (SSSR count). The Morgan fingerprint density at radius 3 is 2.61 bits per heavy atom. The Labute approximate surface area is 167 Å². The maximum Gasteiger partial charge on any atom is 0.234 e. The first kappa shape index (κ1) is 18.2. The summed E-state index contributed by atoms with van der Waals surface area (Å²) in [5, 5.41) is 14.5. The molecular formula is C21H19N5OS. The summed E-state index contributed by atoms with van der Waals surface area (Å²) >= 11 is 1.38. The maximum absolute atomic E-state index is 12.4. The first-order valence-electron chi connectivity index (χ1n) is 8.99. The summed E-state index contributed by atoms with van der Waals surface area (Å²) in [7, 11) is 0. The minimum Gasteiger partial charge on any atom is -0.325 e. The van der Waals surface area contributed by atoms with Crippen LogP contribution in [0.1, 0.15) is 6.92 Å². The van der Waals surface area contributed by atoms with Crippen molar-refractivity contribution in [2.24, 2.45) is 0 Å². The van der Waals surface area contributed by atoms with Gasteiger partial charge in [-0.3, -0.25) is 9.78 Å². The van der Waals surface area contributed by atoms with Crippen molar-refractivity contribution in [1.29, 1.82) is 0 Å². The molecule has 6 nitrogen and oxygen atoms in total. The highest BCUT2D eigenvalue weighted by Crippen LogP contribution is 2.24. The summed E-state index contributed by atoms with van der Waals surface area (Å²) < 4.78 is 2.00.